The summed E-state index contributed by atoms with van der Waals surface area (Å²) in [6, 6.07) is 6.52. The third-order valence-corrected chi connectivity index (χ3v) is 4.50. The molecule has 0 saturated carbocycles. The van der Waals surface area contributed by atoms with E-state index in [0.717, 1.165) is 44.1 Å². The minimum absolute atomic E-state index is 0.153. The van der Waals surface area contributed by atoms with Crippen molar-refractivity contribution in [3.8, 4) is 0 Å². The van der Waals surface area contributed by atoms with Crippen molar-refractivity contribution >= 4 is 17.6 Å². The van der Waals surface area contributed by atoms with E-state index in [1.807, 2.05) is 4.90 Å². The van der Waals surface area contributed by atoms with Crippen LogP contribution in [-0.4, -0.2) is 63.1 Å². The van der Waals surface area contributed by atoms with Gasteiger partial charge in [0.2, 0.25) is 5.91 Å². The molecule has 6 nitrogen and oxygen atoms in total. The van der Waals surface area contributed by atoms with E-state index >= 15 is 0 Å². The van der Waals surface area contributed by atoms with Crippen LogP contribution in [0.2, 0.25) is 0 Å². The Bertz CT molecular complexity index is 582. The number of piperazine rings is 1. The molecule has 0 unspecified atom stereocenters. The van der Waals surface area contributed by atoms with Gasteiger partial charge in [-0.2, -0.15) is 0 Å². The summed E-state index contributed by atoms with van der Waals surface area (Å²) >= 11 is 0. The number of guanidine groups is 1. The average molecular weight is 363 g/mol. The van der Waals surface area contributed by atoms with Crippen LogP contribution in [0.15, 0.2) is 29.3 Å². The van der Waals surface area contributed by atoms with Crippen LogP contribution >= 0.6 is 0 Å². The van der Waals surface area contributed by atoms with Crippen LogP contribution in [0.4, 0.5) is 10.1 Å². The summed E-state index contributed by atoms with van der Waals surface area (Å²) in [4.78, 5) is 20.6. The Kier molecular flexibility index (Phi) is 8.18. The number of nitrogens with zero attached hydrogens (tertiary/aromatic N) is 3. The number of rotatable bonds is 7. The van der Waals surface area contributed by atoms with E-state index in [9.17, 15) is 9.18 Å². The summed E-state index contributed by atoms with van der Waals surface area (Å²) in [5.74, 6) is 0.668. The van der Waals surface area contributed by atoms with Crippen LogP contribution in [0.5, 0.6) is 0 Å². The molecule has 1 saturated heterocycles. The average Bonchev–Trinajstić information content (AvgIpc) is 2.67. The molecule has 2 N–H and O–H groups in total. The van der Waals surface area contributed by atoms with Crippen LogP contribution in [0.25, 0.3) is 0 Å². The van der Waals surface area contributed by atoms with Crippen LogP contribution in [0.3, 0.4) is 0 Å². The van der Waals surface area contributed by atoms with Gasteiger partial charge in [-0.15, -0.1) is 0 Å². The number of amides is 1. The number of carbonyl (C=O) groups excluding carboxylic acids is 1. The van der Waals surface area contributed by atoms with Crippen molar-refractivity contribution in [2.75, 3.05) is 51.2 Å². The Morgan fingerprint density at radius 2 is 1.77 bits per heavy atom. The molecule has 0 aromatic heterocycles. The van der Waals surface area contributed by atoms with E-state index in [2.05, 4.69) is 27.4 Å². The maximum Gasteiger partial charge on any atom is 0.224 e. The highest BCUT2D eigenvalue weighted by Gasteiger charge is 2.21. The molecule has 26 heavy (non-hydrogen) atoms. The molecule has 1 aliphatic rings. The van der Waals surface area contributed by atoms with E-state index in [-0.39, 0.29) is 11.7 Å². The fourth-order valence-corrected chi connectivity index (χ4v) is 2.92. The molecule has 2 rings (SSSR count). The number of benzene rings is 1. The zero-order valence-electron chi connectivity index (χ0n) is 15.8. The lowest BCUT2D eigenvalue weighted by atomic mass is 10.2. The lowest BCUT2D eigenvalue weighted by Gasteiger charge is -2.36. The summed E-state index contributed by atoms with van der Waals surface area (Å²) in [6.45, 7) is 6.53. The molecule has 144 valence electrons. The smallest absolute Gasteiger partial charge is 0.224 e. The van der Waals surface area contributed by atoms with Crippen LogP contribution < -0.4 is 15.5 Å². The number of nitrogens with one attached hydrogen (secondary N) is 2. The number of aliphatic imine (C=N–C) groups is 1. The van der Waals surface area contributed by atoms with Gasteiger partial charge in [-0.3, -0.25) is 9.79 Å². The van der Waals surface area contributed by atoms with Gasteiger partial charge < -0.3 is 20.4 Å². The van der Waals surface area contributed by atoms with Gasteiger partial charge in [-0.05, 0) is 30.7 Å². The van der Waals surface area contributed by atoms with Gasteiger partial charge >= 0.3 is 0 Å². The molecule has 0 aliphatic carbocycles. The Morgan fingerprint density at radius 1 is 1.12 bits per heavy atom. The zero-order chi connectivity index (χ0) is 18.8. The van der Waals surface area contributed by atoms with Crippen molar-refractivity contribution < 1.29 is 9.18 Å². The largest absolute Gasteiger partial charge is 0.368 e. The van der Waals surface area contributed by atoms with Gasteiger partial charge in [0, 0.05) is 58.4 Å². The Morgan fingerprint density at radius 3 is 2.38 bits per heavy atom. The molecule has 1 amide bonds. The van der Waals surface area contributed by atoms with Crippen molar-refractivity contribution in [1.82, 2.24) is 15.5 Å². The Hall–Kier alpha value is -2.31. The molecule has 1 aliphatic heterocycles. The van der Waals surface area contributed by atoms with Gasteiger partial charge in [0.1, 0.15) is 5.82 Å². The van der Waals surface area contributed by atoms with E-state index in [0.29, 0.717) is 26.1 Å². The van der Waals surface area contributed by atoms with Gasteiger partial charge in [0.05, 0.1) is 0 Å². The predicted molar refractivity (Wildman–Crippen MR) is 104 cm³/mol. The predicted octanol–water partition coefficient (Wildman–Crippen LogP) is 1.83. The van der Waals surface area contributed by atoms with Gasteiger partial charge in [-0.1, -0.05) is 13.3 Å². The molecule has 0 radical (unpaired) electrons. The van der Waals surface area contributed by atoms with E-state index in [1.165, 1.54) is 12.1 Å². The molecule has 0 spiro atoms. The third kappa shape index (κ3) is 6.20. The second kappa shape index (κ2) is 10.6. The fourth-order valence-electron chi connectivity index (χ4n) is 2.92. The molecule has 1 heterocycles. The second-order valence-electron chi connectivity index (χ2n) is 6.37. The summed E-state index contributed by atoms with van der Waals surface area (Å²) < 4.78 is 13.0. The maximum absolute atomic E-state index is 13.0. The first-order chi connectivity index (χ1) is 12.6. The number of hydrogen-bond donors (Lipinski definition) is 2. The van der Waals surface area contributed by atoms with E-state index in [1.54, 1.807) is 19.2 Å². The summed E-state index contributed by atoms with van der Waals surface area (Å²) in [5.41, 5.74) is 1.00. The van der Waals surface area contributed by atoms with E-state index < -0.39 is 0 Å². The Labute approximate surface area is 155 Å². The number of anilines is 1. The zero-order valence-corrected chi connectivity index (χ0v) is 15.8. The standard InChI is InChI=1S/C19H30FN5O/c1-3-4-10-22-19(21-2)23-11-9-18(26)25-14-12-24(13-15-25)17-7-5-16(20)6-8-17/h5-8H,3-4,9-15H2,1-2H3,(H2,21,22,23). The monoisotopic (exact) mass is 363 g/mol. The van der Waals surface area contributed by atoms with E-state index in [4.69, 9.17) is 0 Å². The highest BCUT2D eigenvalue weighted by Crippen LogP contribution is 2.17. The first kappa shape index (κ1) is 20.0. The van der Waals surface area contributed by atoms with Crippen LogP contribution in [-0.2, 0) is 4.79 Å². The number of halogens is 1. The van der Waals surface area contributed by atoms with Crippen molar-refractivity contribution in [1.29, 1.82) is 0 Å². The molecule has 1 fully saturated rings. The maximum atomic E-state index is 13.0. The minimum atomic E-state index is -0.228. The van der Waals surface area contributed by atoms with Crippen molar-refractivity contribution in [3.63, 3.8) is 0 Å². The number of carbonyl (C=O) groups is 1. The summed E-state index contributed by atoms with van der Waals surface area (Å²) in [5, 5.41) is 6.42. The Balaban J connectivity index is 1.68. The van der Waals surface area contributed by atoms with Crippen molar-refractivity contribution in [2.24, 2.45) is 4.99 Å². The molecule has 7 heteroatoms. The van der Waals surface area contributed by atoms with Crippen molar-refractivity contribution in [3.05, 3.63) is 30.1 Å². The van der Waals surface area contributed by atoms with Crippen LogP contribution in [0, 0.1) is 5.82 Å². The lowest BCUT2D eigenvalue weighted by molar-refractivity contribution is -0.131. The first-order valence-corrected chi connectivity index (χ1v) is 9.37. The molecule has 1 aromatic carbocycles. The topological polar surface area (TPSA) is 60.0 Å². The molecule has 0 bridgehead atoms. The number of hydrogen-bond acceptors (Lipinski definition) is 3. The lowest BCUT2D eigenvalue weighted by Crippen LogP contribution is -2.49. The first-order valence-electron chi connectivity index (χ1n) is 9.37. The summed E-state index contributed by atoms with van der Waals surface area (Å²) in [6.07, 6.45) is 2.68. The van der Waals surface area contributed by atoms with Gasteiger partial charge in [-0.25, -0.2) is 4.39 Å². The number of unbranched alkanes of at least 4 members (excludes halogenated alkanes) is 1. The SMILES string of the molecule is CCCCNC(=NC)NCCC(=O)N1CCN(c2ccc(F)cc2)CC1. The van der Waals surface area contributed by atoms with Crippen LogP contribution in [0.1, 0.15) is 26.2 Å². The normalized spacial score (nSPS) is 15.1. The molecular weight excluding hydrogens is 333 g/mol. The highest BCUT2D eigenvalue weighted by molar-refractivity contribution is 5.81. The van der Waals surface area contributed by atoms with Gasteiger partial charge in [0.15, 0.2) is 5.96 Å². The second-order valence-corrected chi connectivity index (χ2v) is 6.37. The molecule has 1 aromatic rings. The van der Waals surface area contributed by atoms with Gasteiger partial charge in [0.25, 0.3) is 0 Å². The molecule has 0 atom stereocenters. The quantitative estimate of drug-likeness (QED) is 0.441. The summed E-state index contributed by atoms with van der Waals surface area (Å²) in [7, 11) is 1.73. The third-order valence-electron chi connectivity index (χ3n) is 4.50. The highest BCUT2D eigenvalue weighted by atomic mass is 19.1. The fraction of sp³-hybridized carbons (Fsp3) is 0.579. The minimum Gasteiger partial charge on any atom is -0.368 e. The van der Waals surface area contributed by atoms with Crippen molar-refractivity contribution in [2.45, 2.75) is 26.2 Å². The molecular formula is C19H30FN5O.